The minimum Gasteiger partial charge on any atom is -0.393 e. The van der Waals surface area contributed by atoms with Crippen molar-refractivity contribution in [1.29, 1.82) is 0 Å². The molecule has 0 atom stereocenters. The van der Waals surface area contributed by atoms with E-state index in [4.69, 9.17) is 5.73 Å². The number of hydrogen-bond donors (Lipinski definition) is 4. The number of benzene rings is 1. The monoisotopic (exact) mass is 425 g/mol. The lowest BCUT2D eigenvalue weighted by molar-refractivity contribution is -0.117. The van der Waals surface area contributed by atoms with E-state index in [0.29, 0.717) is 17.7 Å². The van der Waals surface area contributed by atoms with E-state index in [9.17, 15) is 14.7 Å². The SMILES string of the molecule is CC1=C(/C(C)=C\Nc2ccc(C(N)=O)c(NC3CCC(O)CC3)c2)C(=O)CC(C)(C)C1. The summed E-state index contributed by atoms with van der Waals surface area (Å²) >= 11 is 0. The van der Waals surface area contributed by atoms with Gasteiger partial charge in [-0.3, -0.25) is 9.59 Å². The third-order valence-corrected chi connectivity index (χ3v) is 6.28. The van der Waals surface area contributed by atoms with Crippen LogP contribution >= 0.6 is 0 Å². The molecule has 0 bridgehead atoms. The second kappa shape index (κ2) is 9.27. The molecule has 168 valence electrons. The second-order valence-electron chi connectivity index (χ2n) is 9.84. The topological polar surface area (TPSA) is 104 Å². The summed E-state index contributed by atoms with van der Waals surface area (Å²) in [4.78, 5) is 24.6. The number of nitrogens with two attached hydrogens (primary N) is 1. The van der Waals surface area contributed by atoms with Crippen LogP contribution in [0.3, 0.4) is 0 Å². The standard InChI is InChI=1S/C25H35N3O3/c1-15-12-25(3,4)13-22(30)23(15)16(2)14-27-18-7-10-20(24(26)31)21(11-18)28-17-5-8-19(29)9-6-17/h7,10-11,14,17,19,27-29H,5-6,8-9,12-13H2,1-4H3,(H2,26,31)/b16-14-. The number of allylic oxidation sites excluding steroid dienone is 3. The van der Waals surface area contributed by atoms with E-state index in [1.54, 1.807) is 6.07 Å². The van der Waals surface area contributed by atoms with Gasteiger partial charge in [-0.15, -0.1) is 0 Å². The summed E-state index contributed by atoms with van der Waals surface area (Å²) in [6.45, 7) is 8.25. The lowest BCUT2D eigenvalue weighted by atomic mass is 9.73. The zero-order valence-electron chi connectivity index (χ0n) is 19.0. The van der Waals surface area contributed by atoms with Crippen LogP contribution in [0.2, 0.25) is 0 Å². The maximum absolute atomic E-state index is 12.7. The van der Waals surface area contributed by atoms with Gasteiger partial charge in [0.2, 0.25) is 0 Å². The molecule has 3 rings (SSSR count). The Morgan fingerprint density at radius 2 is 1.87 bits per heavy atom. The summed E-state index contributed by atoms with van der Waals surface area (Å²) in [6, 6.07) is 5.60. The van der Waals surface area contributed by atoms with E-state index in [-0.39, 0.29) is 23.3 Å². The molecular formula is C25H35N3O3. The molecular weight excluding hydrogens is 390 g/mol. The normalized spacial score (nSPS) is 24.2. The van der Waals surface area contributed by atoms with Gasteiger partial charge in [-0.2, -0.15) is 0 Å². The van der Waals surface area contributed by atoms with Crippen molar-refractivity contribution < 1.29 is 14.7 Å². The fraction of sp³-hybridized carbons (Fsp3) is 0.520. The van der Waals surface area contributed by atoms with E-state index >= 15 is 0 Å². The predicted molar refractivity (Wildman–Crippen MR) is 125 cm³/mol. The predicted octanol–water partition coefficient (Wildman–Crippen LogP) is 4.52. The zero-order chi connectivity index (χ0) is 22.8. The molecule has 1 aromatic rings. The molecule has 2 aliphatic carbocycles. The van der Waals surface area contributed by atoms with Crippen LogP contribution in [-0.2, 0) is 4.79 Å². The van der Waals surface area contributed by atoms with Gasteiger partial charge in [0, 0.05) is 35.6 Å². The molecule has 0 spiro atoms. The Morgan fingerprint density at radius 3 is 2.48 bits per heavy atom. The molecule has 0 heterocycles. The van der Waals surface area contributed by atoms with Crippen molar-refractivity contribution in [1.82, 2.24) is 0 Å². The van der Waals surface area contributed by atoms with Gasteiger partial charge in [-0.1, -0.05) is 19.4 Å². The summed E-state index contributed by atoms with van der Waals surface area (Å²) in [5, 5.41) is 16.4. The molecule has 0 radical (unpaired) electrons. The van der Waals surface area contributed by atoms with E-state index in [1.807, 2.05) is 32.2 Å². The van der Waals surface area contributed by atoms with E-state index < -0.39 is 5.91 Å². The largest absolute Gasteiger partial charge is 0.393 e. The number of primary amides is 1. The van der Waals surface area contributed by atoms with Crippen molar-refractivity contribution in [3.63, 3.8) is 0 Å². The molecule has 1 aromatic carbocycles. The van der Waals surface area contributed by atoms with Crippen molar-refractivity contribution in [2.45, 2.75) is 78.4 Å². The average molecular weight is 426 g/mol. The van der Waals surface area contributed by atoms with Crippen LogP contribution in [0.15, 0.2) is 41.1 Å². The summed E-state index contributed by atoms with van der Waals surface area (Å²) in [6.07, 6.45) is 6.30. The van der Waals surface area contributed by atoms with Crippen molar-refractivity contribution in [3.05, 3.63) is 46.7 Å². The van der Waals surface area contributed by atoms with E-state index in [2.05, 4.69) is 24.5 Å². The first-order valence-electron chi connectivity index (χ1n) is 11.1. The molecule has 0 unspecified atom stereocenters. The number of nitrogens with one attached hydrogen (secondary N) is 2. The molecule has 31 heavy (non-hydrogen) atoms. The summed E-state index contributed by atoms with van der Waals surface area (Å²) in [7, 11) is 0. The molecule has 2 aliphatic rings. The molecule has 1 amide bonds. The van der Waals surface area contributed by atoms with Crippen LogP contribution in [0, 0.1) is 5.41 Å². The smallest absolute Gasteiger partial charge is 0.250 e. The van der Waals surface area contributed by atoms with Crippen LogP contribution in [0.4, 0.5) is 11.4 Å². The van der Waals surface area contributed by atoms with Crippen LogP contribution in [-0.4, -0.2) is 28.9 Å². The maximum atomic E-state index is 12.7. The Balaban J connectivity index is 1.78. The van der Waals surface area contributed by atoms with Crippen LogP contribution in [0.5, 0.6) is 0 Å². The van der Waals surface area contributed by atoms with Gasteiger partial charge in [-0.05, 0) is 75.1 Å². The highest BCUT2D eigenvalue weighted by Gasteiger charge is 2.31. The lowest BCUT2D eigenvalue weighted by Gasteiger charge is -2.31. The number of hydrogen-bond acceptors (Lipinski definition) is 5. The molecule has 0 aromatic heterocycles. The Bertz CT molecular complexity index is 922. The van der Waals surface area contributed by atoms with Crippen LogP contribution < -0.4 is 16.4 Å². The number of anilines is 2. The van der Waals surface area contributed by atoms with Gasteiger partial charge in [0.25, 0.3) is 5.91 Å². The number of rotatable bonds is 6. The third-order valence-electron chi connectivity index (χ3n) is 6.28. The number of Topliss-reactive ketones (excluding diaryl/α,β-unsaturated/α-hetero) is 1. The van der Waals surface area contributed by atoms with Crippen molar-refractivity contribution in [2.75, 3.05) is 10.6 Å². The summed E-state index contributed by atoms with van der Waals surface area (Å²) in [5.74, 6) is -0.289. The third kappa shape index (κ3) is 5.76. The molecule has 0 saturated heterocycles. The number of carbonyl (C=O) groups is 2. The molecule has 6 nitrogen and oxygen atoms in total. The second-order valence-corrected chi connectivity index (χ2v) is 9.84. The first-order chi connectivity index (χ1) is 14.6. The molecule has 0 aliphatic heterocycles. The highest BCUT2D eigenvalue weighted by atomic mass is 16.3. The van der Waals surface area contributed by atoms with E-state index in [0.717, 1.165) is 54.5 Å². The Kier molecular flexibility index (Phi) is 6.90. The van der Waals surface area contributed by atoms with Gasteiger partial charge in [0.1, 0.15) is 0 Å². The minimum atomic E-state index is -0.479. The van der Waals surface area contributed by atoms with E-state index in [1.165, 1.54) is 0 Å². The fourth-order valence-corrected chi connectivity index (χ4v) is 4.86. The zero-order valence-corrected chi connectivity index (χ0v) is 19.0. The van der Waals surface area contributed by atoms with Gasteiger partial charge in [0.05, 0.1) is 11.7 Å². The highest BCUT2D eigenvalue weighted by Crippen LogP contribution is 2.38. The summed E-state index contributed by atoms with van der Waals surface area (Å²) < 4.78 is 0. The number of aliphatic hydroxyl groups excluding tert-OH is 1. The fourth-order valence-electron chi connectivity index (χ4n) is 4.86. The summed E-state index contributed by atoms with van der Waals surface area (Å²) in [5.41, 5.74) is 10.4. The average Bonchev–Trinajstić information content (AvgIpc) is 2.66. The van der Waals surface area contributed by atoms with Crippen molar-refractivity contribution in [3.8, 4) is 0 Å². The lowest BCUT2D eigenvalue weighted by Crippen LogP contribution is -2.29. The Hall–Kier alpha value is -2.60. The van der Waals surface area contributed by atoms with Gasteiger partial charge >= 0.3 is 0 Å². The first-order valence-corrected chi connectivity index (χ1v) is 11.1. The molecule has 5 N–H and O–H groups in total. The highest BCUT2D eigenvalue weighted by molar-refractivity contribution is 6.01. The number of amides is 1. The van der Waals surface area contributed by atoms with Gasteiger partial charge < -0.3 is 21.5 Å². The van der Waals surface area contributed by atoms with Crippen molar-refractivity contribution in [2.24, 2.45) is 11.1 Å². The molecule has 1 saturated carbocycles. The van der Waals surface area contributed by atoms with Crippen molar-refractivity contribution >= 4 is 23.1 Å². The number of aliphatic hydroxyl groups is 1. The molecule has 6 heteroatoms. The molecule has 1 fully saturated rings. The quantitative estimate of drug-likeness (QED) is 0.536. The number of ketones is 1. The van der Waals surface area contributed by atoms with Gasteiger partial charge in [-0.25, -0.2) is 0 Å². The van der Waals surface area contributed by atoms with Gasteiger partial charge in [0.15, 0.2) is 5.78 Å². The first kappa shape index (κ1) is 23.1. The Morgan fingerprint density at radius 1 is 1.19 bits per heavy atom. The maximum Gasteiger partial charge on any atom is 0.250 e. The van der Waals surface area contributed by atoms with Crippen LogP contribution in [0.25, 0.3) is 0 Å². The Labute approximate surface area is 185 Å². The van der Waals surface area contributed by atoms with Crippen LogP contribution in [0.1, 0.15) is 76.6 Å². The number of carbonyl (C=O) groups excluding carboxylic acids is 2. The minimum absolute atomic E-state index is 0.0126.